The van der Waals surface area contributed by atoms with Crippen LogP contribution in [0.2, 0.25) is 0 Å². The molecule has 6 rings (SSSR count). The molecule has 2 saturated heterocycles. The van der Waals surface area contributed by atoms with Crippen LogP contribution in [0.5, 0.6) is 0 Å². The second kappa shape index (κ2) is 8.70. The summed E-state index contributed by atoms with van der Waals surface area (Å²) in [5.74, 6) is -1.93. The number of fused-ring (bicyclic) bond motifs is 6. The van der Waals surface area contributed by atoms with Gasteiger partial charge >= 0.3 is 11.9 Å². The minimum absolute atomic E-state index is 0.0560. The monoisotopic (exact) mass is 546 g/mol. The van der Waals surface area contributed by atoms with E-state index < -0.39 is 46.9 Å². The molecule has 0 bridgehead atoms. The third-order valence-corrected chi connectivity index (χ3v) is 8.12. The number of hydrogen-bond acceptors (Lipinski definition) is 9. The van der Waals surface area contributed by atoms with E-state index in [1.807, 2.05) is 0 Å². The number of amides is 1. The molecule has 208 valence electrons. The van der Waals surface area contributed by atoms with Gasteiger partial charge in [0.05, 0.1) is 16.6 Å². The number of carbonyl (C=O) groups is 3. The molecule has 0 saturated carbocycles. The Morgan fingerprint density at radius 3 is 2.48 bits per heavy atom. The van der Waals surface area contributed by atoms with Crippen LogP contribution in [0.1, 0.15) is 64.6 Å². The quantitative estimate of drug-likeness (QED) is 0.491. The van der Waals surface area contributed by atoms with E-state index >= 15 is 0 Å². The molecule has 2 fully saturated rings. The van der Waals surface area contributed by atoms with E-state index in [1.165, 1.54) is 21.5 Å². The van der Waals surface area contributed by atoms with Gasteiger partial charge < -0.3 is 14.7 Å². The van der Waals surface area contributed by atoms with Gasteiger partial charge in [0.2, 0.25) is 0 Å². The second-order valence-electron chi connectivity index (χ2n) is 11.4. The number of esters is 1. The zero-order chi connectivity index (χ0) is 28.7. The number of ether oxygens (including phenoxy) is 1. The lowest BCUT2D eigenvalue weighted by Gasteiger charge is -2.37. The van der Waals surface area contributed by atoms with Crippen LogP contribution in [0.15, 0.2) is 53.3 Å². The van der Waals surface area contributed by atoms with E-state index in [0.29, 0.717) is 22.2 Å². The number of aliphatic hydroxyl groups excluding tert-OH is 1. The molecular formula is C29H30N4O7. The van der Waals surface area contributed by atoms with Gasteiger partial charge in [-0.15, -0.1) is 0 Å². The average Bonchev–Trinajstić information content (AvgIpc) is 3.46. The molecule has 40 heavy (non-hydrogen) atoms. The van der Waals surface area contributed by atoms with Gasteiger partial charge in [-0.25, -0.2) is 9.78 Å². The van der Waals surface area contributed by atoms with Gasteiger partial charge in [0.1, 0.15) is 23.5 Å². The summed E-state index contributed by atoms with van der Waals surface area (Å²) in [4.78, 5) is 65.3. The third kappa shape index (κ3) is 3.40. The molecule has 3 aliphatic heterocycles. The summed E-state index contributed by atoms with van der Waals surface area (Å²) in [6, 6.07) is 12.6. The molecule has 11 nitrogen and oxygen atoms in total. The summed E-state index contributed by atoms with van der Waals surface area (Å²) in [5.41, 5.74) is -1.72. The van der Waals surface area contributed by atoms with Crippen molar-refractivity contribution in [2.24, 2.45) is 5.92 Å². The Morgan fingerprint density at radius 1 is 1.10 bits per heavy atom. The van der Waals surface area contributed by atoms with Crippen molar-refractivity contribution in [3.8, 4) is 0 Å². The number of para-hydroxylation sites is 2. The first-order valence-electron chi connectivity index (χ1n) is 13.2. The molecule has 0 aliphatic carbocycles. The molecule has 0 unspecified atom stereocenters. The number of benzene rings is 2. The average molecular weight is 547 g/mol. The highest BCUT2D eigenvalue weighted by Gasteiger charge is 2.71. The number of hydrogen-bond donors (Lipinski definition) is 1. The summed E-state index contributed by atoms with van der Waals surface area (Å²) in [6.07, 6.45) is -2.21. The maximum absolute atomic E-state index is 13.9. The van der Waals surface area contributed by atoms with Crippen LogP contribution in [-0.4, -0.2) is 49.3 Å². The molecule has 4 atom stereocenters. The third-order valence-electron chi connectivity index (χ3n) is 8.12. The van der Waals surface area contributed by atoms with Crippen LogP contribution in [0.25, 0.3) is 10.9 Å². The van der Waals surface area contributed by atoms with E-state index in [9.17, 15) is 24.3 Å². The van der Waals surface area contributed by atoms with Crippen LogP contribution in [-0.2, 0) is 29.6 Å². The van der Waals surface area contributed by atoms with Gasteiger partial charge in [-0.1, -0.05) is 49.2 Å². The van der Waals surface area contributed by atoms with E-state index in [0.717, 1.165) is 0 Å². The maximum Gasteiger partial charge on any atom is 0.330 e. The normalized spacial score (nSPS) is 25.9. The minimum Gasteiger partial charge on any atom is -0.449 e. The first-order valence-corrected chi connectivity index (χ1v) is 13.2. The molecule has 2 aromatic carbocycles. The van der Waals surface area contributed by atoms with Crippen molar-refractivity contribution in [1.82, 2.24) is 14.6 Å². The van der Waals surface area contributed by atoms with E-state index in [-0.39, 0.29) is 24.1 Å². The Balaban J connectivity index is 1.57. The van der Waals surface area contributed by atoms with Crippen molar-refractivity contribution in [3.05, 3.63) is 70.3 Å². The maximum atomic E-state index is 13.9. The van der Waals surface area contributed by atoms with Gasteiger partial charge in [-0.3, -0.25) is 23.9 Å². The van der Waals surface area contributed by atoms with Gasteiger partial charge in [-0.2, -0.15) is 0 Å². The molecule has 3 aliphatic rings. The Hall–Kier alpha value is -4.09. The predicted molar refractivity (Wildman–Crippen MR) is 143 cm³/mol. The van der Waals surface area contributed by atoms with E-state index in [4.69, 9.17) is 9.57 Å². The van der Waals surface area contributed by atoms with Crippen LogP contribution < -0.4 is 10.5 Å². The smallest absolute Gasteiger partial charge is 0.330 e. The highest BCUT2D eigenvalue weighted by Crippen LogP contribution is 2.58. The Labute approximate surface area is 229 Å². The second-order valence-corrected chi connectivity index (χ2v) is 11.4. The van der Waals surface area contributed by atoms with Crippen LogP contribution in [0, 0.1) is 5.92 Å². The van der Waals surface area contributed by atoms with Crippen molar-refractivity contribution in [2.45, 2.75) is 70.5 Å². The van der Waals surface area contributed by atoms with E-state index in [2.05, 4.69) is 4.98 Å². The Bertz CT molecular complexity index is 1650. The van der Waals surface area contributed by atoms with Gasteiger partial charge in [-0.05, 0) is 38.0 Å². The number of hydroxylamine groups is 2. The Kier molecular flexibility index (Phi) is 5.69. The SMILES string of the molecule is CC(=O)ON1[C@H]2N(C(=O)C1(C)C)c1ccccc1[C@]21C[C@H](n2c([C@H](O)C(C)C)nc3ccccc3c2=O)C(=O)O1. The lowest BCUT2D eigenvalue weighted by atomic mass is 9.87. The Morgan fingerprint density at radius 2 is 1.77 bits per heavy atom. The first-order chi connectivity index (χ1) is 18.9. The zero-order valence-corrected chi connectivity index (χ0v) is 22.8. The van der Waals surface area contributed by atoms with Gasteiger partial charge in [0.25, 0.3) is 11.5 Å². The first kappa shape index (κ1) is 26.1. The molecule has 1 amide bonds. The number of aromatic nitrogens is 2. The molecule has 4 heterocycles. The van der Waals surface area contributed by atoms with Crippen molar-refractivity contribution < 1.29 is 29.1 Å². The number of nitrogens with zero attached hydrogens (tertiary/aromatic N) is 4. The van der Waals surface area contributed by atoms with Crippen molar-refractivity contribution >= 4 is 34.4 Å². The summed E-state index contributed by atoms with van der Waals surface area (Å²) < 4.78 is 7.43. The summed E-state index contributed by atoms with van der Waals surface area (Å²) in [6.45, 7) is 8.09. The zero-order valence-electron chi connectivity index (χ0n) is 22.8. The van der Waals surface area contributed by atoms with Gasteiger partial charge in [0.15, 0.2) is 11.8 Å². The number of rotatable bonds is 4. The number of anilines is 1. The number of aliphatic hydroxyl groups is 1. The fourth-order valence-electron chi connectivity index (χ4n) is 6.18. The van der Waals surface area contributed by atoms with Crippen molar-refractivity contribution in [2.75, 3.05) is 4.90 Å². The molecule has 1 spiro atoms. The highest BCUT2D eigenvalue weighted by atomic mass is 16.7. The molecule has 0 radical (unpaired) electrons. The lowest BCUT2D eigenvalue weighted by molar-refractivity contribution is -0.236. The highest BCUT2D eigenvalue weighted by molar-refractivity contribution is 6.05. The van der Waals surface area contributed by atoms with Crippen molar-refractivity contribution in [1.29, 1.82) is 0 Å². The van der Waals surface area contributed by atoms with Crippen LogP contribution in [0.4, 0.5) is 5.69 Å². The summed E-state index contributed by atoms with van der Waals surface area (Å²) >= 11 is 0. The fraction of sp³-hybridized carbons (Fsp3) is 0.414. The molecule has 1 N–H and O–H groups in total. The van der Waals surface area contributed by atoms with Crippen LogP contribution in [0.3, 0.4) is 0 Å². The molecular weight excluding hydrogens is 516 g/mol. The molecule has 11 heteroatoms. The number of carbonyl (C=O) groups excluding carboxylic acids is 3. The molecule has 3 aromatic rings. The largest absolute Gasteiger partial charge is 0.449 e. The summed E-state index contributed by atoms with van der Waals surface area (Å²) in [7, 11) is 0. The standard InChI is InChI=1S/C29H30N4O7/c1-15(2)22(35)23-30-19-12-8-6-10-17(19)24(36)31(23)21-14-29(39-25(21)37)18-11-7-9-13-20(18)32-26(29)33(40-16(3)34)28(4,5)27(32)38/h6-13,15,21-22,26,35H,14H2,1-5H3/t21-,22+,26+,29+/m0/s1. The van der Waals surface area contributed by atoms with E-state index in [1.54, 1.807) is 76.2 Å². The predicted octanol–water partition coefficient (Wildman–Crippen LogP) is 2.71. The minimum atomic E-state index is -1.47. The van der Waals surface area contributed by atoms with Crippen LogP contribution >= 0.6 is 0 Å². The lowest BCUT2D eigenvalue weighted by Crippen LogP contribution is -2.54. The summed E-state index contributed by atoms with van der Waals surface area (Å²) in [5, 5.41) is 12.7. The van der Waals surface area contributed by atoms with Crippen molar-refractivity contribution in [3.63, 3.8) is 0 Å². The fourth-order valence-corrected chi connectivity index (χ4v) is 6.18. The topological polar surface area (TPSA) is 131 Å². The van der Waals surface area contributed by atoms with Gasteiger partial charge in [0, 0.05) is 18.9 Å². The molecule has 1 aromatic heterocycles.